The van der Waals surface area contributed by atoms with Gasteiger partial charge in [0.05, 0.1) is 0 Å². The number of rotatable bonds is 4. The molecule has 0 saturated carbocycles. The van der Waals surface area contributed by atoms with Crippen molar-refractivity contribution in [3.63, 3.8) is 0 Å². The zero-order valence-electron chi connectivity index (χ0n) is 12.0. The van der Waals surface area contributed by atoms with Gasteiger partial charge in [0.1, 0.15) is 5.82 Å². The molecule has 5 heteroatoms. The fourth-order valence-corrected chi connectivity index (χ4v) is 2.02. The zero-order valence-corrected chi connectivity index (χ0v) is 12.0. The van der Waals surface area contributed by atoms with Gasteiger partial charge < -0.3 is 22.1 Å². The van der Waals surface area contributed by atoms with Gasteiger partial charge in [0.2, 0.25) is 0 Å². The van der Waals surface area contributed by atoms with E-state index in [4.69, 9.17) is 11.5 Å². The number of nitrogen functional groups attached to an aromatic ring is 2. The predicted molar refractivity (Wildman–Crippen MR) is 92.5 cm³/mol. The van der Waals surface area contributed by atoms with E-state index in [1.807, 2.05) is 60.7 Å². The highest BCUT2D eigenvalue weighted by Gasteiger charge is 1.99. The lowest BCUT2D eigenvalue weighted by Gasteiger charge is -2.10. The van der Waals surface area contributed by atoms with E-state index >= 15 is 0 Å². The molecule has 22 heavy (non-hydrogen) atoms. The van der Waals surface area contributed by atoms with E-state index in [9.17, 15) is 0 Å². The maximum atomic E-state index is 5.68. The van der Waals surface area contributed by atoms with Crippen molar-refractivity contribution in [2.45, 2.75) is 0 Å². The first kappa shape index (κ1) is 13.8. The normalized spacial score (nSPS) is 10.2. The maximum Gasteiger partial charge on any atom is 0.132 e. The van der Waals surface area contributed by atoms with Gasteiger partial charge in [-0.1, -0.05) is 0 Å². The lowest BCUT2D eigenvalue weighted by molar-refractivity contribution is 1.30. The van der Waals surface area contributed by atoms with Crippen molar-refractivity contribution >= 4 is 34.3 Å². The Hall–Kier alpha value is -3.21. The summed E-state index contributed by atoms with van der Waals surface area (Å²) < 4.78 is 0. The summed E-state index contributed by atoms with van der Waals surface area (Å²) in [5.74, 6) is 0.755. The van der Waals surface area contributed by atoms with Gasteiger partial charge in [-0.25, -0.2) is 4.98 Å². The van der Waals surface area contributed by atoms with Gasteiger partial charge in [-0.05, 0) is 54.6 Å². The fraction of sp³-hybridized carbons (Fsp3) is 0. The lowest BCUT2D eigenvalue weighted by atomic mass is 10.2. The van der Waals surface area contributed by atoms with Crippen LogP contribution in [0.5, 0.6) is 0 Å². The summed E-state index contributed by atoms with van der Waals surface area (Å²) in [7, 11) is 0. The highest BCUT2D eigenvalue weighted by atomic mass is 15.0. The predicted octanol–water partition coefficient (Wildman–Crippen LogP) is 3.73. The van der Waals surface area contributed by atoms with Gasteiger partial charge in [0, 0.05) is 40.7 Å². The molecule has 5 nitrogen and oxygen atoms in total. The summed E-state index contributed by atoms with van der Waals surface area (Å²) in [5, 5.41) is 6.55. The van der Waals surface area contributed by atoms with Crippen molar-refractivity contribution in [1.82, 2.24) is 4.98 Å². The average molecular weight is 291 g/mol. The van der Waals surface area contributed by atoms with Crippen molar-refractivity contribution in [2.24, 2.45) is 0 Å². The first-order valence-electron chi connectivity index (χ1n) is 6.90. The van der Waals surface area contributed by atoms with E-state index in [2.05, 4.69) is 15.6 Å². The van der Waals surface area contributed by atoms with E-state index in [1.54, 1.807) is 6.20 Å². The summed E-state index contributed by atoms with van der Waals surface area (Å²) in [4.78, 5) is 4.31. The Morgan fingerprint density at radius 1 is 0.636 bits per heavy atom. The number of nitrogens with two attached hydrogens (primary N) is 2. The Labute approximate surface area is 129 Å². The molecule has 0 aliphatic heterocycles. The molecule has 0 saturated heterocycles. The zero-order chi connectivity index (χ0) is 15.4. The Morgan fingerprint density at radius 3 is 1.77 bits per heavy atom. The molecule has 0 spiro atoms. The largest absolute Gasteiger partial charge is 0.399 e. The molecule has 6 N–H and O–H groups in total. The molecule has 110 valence electrons. The van der Waals surface area contributed by atoms with Gasteiger partial charge >= 0.3 is 0 Å². The summed E-state index contributed by atoms with van der Waals surface area (Å²) in [6.07, 6.45) is 1.75. The molecule has 0 aliphatic carbocycles. The van der Waals surface area contributed by atoms with Crippen LogP contribution in [0.3, 0.4) is 0 Å². The van der Waals surface area contributed by atoms with Crippen molar-refractivity contribution < 1.29 is 0 Å². The SMILES string of the molecule is Nc1ccc(Nc2ccnc(Nc3ccc(N)cc3)c2)cc1. The molecule has 0 bridgehead atoms. The third-order valence-corrected chi connectivity index (χ3v) is 3.14. The molecule has 0 unspecified atom stereocenters. The van der Waals surface area contributed by atoms with Gasteiger partial charge in [-0.3, -0.25) is 0 Å². The van der Waals surface area contributed by atoms with Crippen LogP contribution in [-0.2, 0) is 0 Å². The Kier molecular flexibility index (Phi) is 3.78. The van der Waals surface area contributed by atoms with Gasteiger partial charge in [0.15, 0.2) is 0 Å². The Morgan fingerprint density at radius 2 is 1.18 bits per heavy atom. The first-order chi connectivity index (χ1) is 10.7. The summed E-state index contributed by atoms with van der Waals surface area (Å²) in [5.41, 5.74) is 15.7. The molecule has 1 aromatic heterocycles. The molecule has 3 aromatic rings. The van der Waals surface area contributed by atoms with Crippen LogP contribution >= 0.6 is 0 Å². The molecular formula is C17H17N5. The van der Waals surface area contributed by atoms with Crippen molar-refractivity contribution in [1.29, 1.82) is 0 Å². The van der Waals surface area contributed by atoms with Gasteiger partial charge in [-0.15, -0.1) is 0 Å². The molecule has 0 amide bonds. The van der Waals surface area contributed by atoms with Gasteiger partial charge in [0.25, 0.3) is 0 Å². The van der Waals surface area contributed by atoms with Crippen molar-refractivity contribution in [3.05, 3.63) is 66.9 Å². The van der Waals surface area contributed by atoms with Crippen molar-refractivity contribution in [3.8, 4) is 0 Å². The molecule has 0 atom stereocenters. The molecule has 1 heterocycles. The molecular weight excluding hydrogens is 274 g/mol. The van der Waals surface area contributed by atoms with Gasteiger partial charge in [-0.2, -0.15) is 0 Å². The minimum Gasteiger partial charge on any atom is -0.399 e. The monoisotopic (exact) mass is 291 g/mol. The van der Waals surface area contributed by atoms with E-state index in [0.29, 0.717) is 0 Å². The van der Waals surface area contributed by atoms with Crippen LogP contribution in [0.15, 0.2) is 66.9 Å². The Balaban J connectivity index is 1.74. The average Bonchev–Trinajstić information content (AvgIpc) is 2.52. The van der Waals surface area contributed by atoms with E-state index in [0.717, 1.165) is 34.3 Å². The molecule has 0 fully saturated rings. The highest BCUT2D eigenvalue weighted by molar-refractivity contribution is 5.67. The quantitative estimate of drug-likeness (QED) is 0.550. The van der Waals surface area contributed by atoms with Crippen LogP contribution in [0, 0.1) is 0 Å². The minimum atomic E-state index is 0.734. The number of hydrogen-bond acceptors (Lipinski definition) is 5. The van der Waals surface area contributed by atoms with Crippen LogP contribution in [0.2, 0.25) is 0 Å². The van der Waals surface area contributed by atoms with Crippen molar-refractivity contribution in [2.75, 3.05) is 22.1 Å². The first-order valence-corrected chi connectivity index (χ1v) is 6.90. The summed E-state index contributed by atoms with van der Waals surface area (Å²) in [6, 6.07) is 18.9. The third-order valence-electron chi connectivity index (χ3n) is 3.14. The van der Waals surface area contributed by atoms with E-state index in [-0.39, 0.29) is 0 Å². The Bertz CT molecular complexity index is 688. The molecule has 2 aromatic carbocycles. The fourth-order valence-electron chi connectivity index (χ4n) is 2.02. The standard InChI is InChI=1S/C17H17N5/c18-12-1-5-14(6-2-12)21-16-9-10-20-17(11-16)22-15-7-3-13(19)4-8-15/h1-11H,18-19H2,(H2,20,21,22). The third kappa shape index (κ3) is 3.46. The van der Waals surface area contributed by atoms with Crippen LogP contribution in [0.1, 0.15) is 0 Å². The number of pyridine rings is 1. The summed E-state index contributed by atoms with van der Waals surface area (Å²) >= 11 is 0. The molecule has 3 rings (SSSR count). The van der Waals surface area contributed by atoms with E-state index < -0.39 is 0 Å². The van der Waals surface area contributed by atoms with Crippen LogP contribution in [0.4, 0.5) is 34.3 Å². The van der Waals surface area contributed by atoms with E-state index in [1.165, 1.54) is 0 Å². The molecule has 0 aliphatic rings. The second-order valence-corrected chi connectivity index (χ2v) is 4.92. The minimum absolute atomic E-state index is 0.734. The molecule has 0 radical (unpaired) electrons. The van der Waals surface area contributed by atoms with Crippen LogP contribution in [-0.4, -0.2) is 4.98 Å². The smallest absolute Gasteiger partial charge is 0.132 e. The number of nitrogens with one attached hydrogen (secondary N) is 2. The van der Waals surface area contributed by atoms with Crippen LogP contribution in [0.25, 0.3) is 0 Å². The summed E-state index contributed by atoms with van der Waals surface area (Å²) in [6.45, 7) is 0. The number of benzene rings is 2. The highest BCUT2D eigenvalue weighted by Crippen LogP contribution is 2.22. The number of anilines is 6. The maximum absolute atomic E-state index is 5.68. The number of aromatic nitrogens is 1. The lowest BCUT2D eigenvalue weighted by Crippen LogP contribution is -1.96. The topological polar surface area (TPSA) is 89.0 Å². The number of hydrogen-bond donors (Lipinski definition) is 4. The number of nitrogens with zero attached hydrogens (tertiary/aromatic N) is 1. The second kappa shape index (κ2) is 6.05. The van der Waals surface area contributed by atoms with Crippen LogP contribution < -0.4 is 22.1 Å². The second-order valence-electron chi connectivity index (χ2n) is 4.92.